The van der Waals surface area contributed by atoms with Crippen LogP contribution in [0.1, 0.15) is 17.3 Å². The number of rotatable bonds is 1. The molecular weight excluding hydrogens is 300 g/mol. The smallest absolute Gasteiger partial charge is 0.212 e. The van der Waals surface area contributed by atoms with E-state index in [1.54, 1.807) is 0 Å². The minimum absolute atomic E-state index is 0.190. The molecule has 0 radical (unpaired) electrons. The number of para-hydroxylation sites is 2. The summed E-state index contributed by atoms with van der Waals surface area (Å²) >= 11 is 0. The van der Waals surface area contributed by atoms with Crippen molar-refractivity contribution in [1.29, 1.82) is 0 Å². The van der Waals surface area contributed by atoms with Gasteiger partial charge in [-0.15, -0.1) is 0 Å². The van der Waals surface area contributed by atoms with Crippen molar-refractivity contribution in [3.05, 3.63) is 53.6 Å². The van der Waals surface area contributed by atoms with E-state index in [1.807, 2.05) is 18.2 Å². The molecule has 3 aromatic rings. The number of hydrogen-bond acceptors (Lipinski definition) is 5. The third-order valence-electron chi connectivity index (χ3n) is 4.87. The molecule has 0 bridgehead atoms. The van der Waals surface area contributed by atoms with Gasteiger partial charge in [0.25, 0.3) is 0 Å². The number of aliphatic imine (C=N–C) groups is 1. The number of nitrogens with one attached hydrogen (secondary N) is 1. The molecule has 5 rings (SSSR count). The molecule has 0 spiro atoms. The largest absolute Gasteiger partial charge is 0.374 e. The Bertz CT molecular complexity index is 986. The van der Waals surface area contributed by atoms with Gasteiger partial charge in [-0.2, -0.15) is 0 Å². The SMILES string of the molecule is CN1CCc2cc(C3N=C(N)Nc4nc5ccccc5n43)ccc21. The number of guanidine groups is 1. The second kappa shape index (κ2) is 4.74. The van der Waals surface area contributed by atoms with Gasteiger partial charge in [-0.3, -0.25) is 9.88 Å². The van der Waals surface area contributed by atoms with E-state index in [1.165, 1.54) is 11.3 Å². The van der Waals surface area contributed by atoms with Crippen LogP contribution in [-0.4, -0.2) is 29.1 Å². The monoisotopic (exact) mass is 318 g/mol. The molecule has 3 heterocycles. The molecule has 2 aliphatic rings. The van der Waals surface area contributed by atoms with Gasteiger partial charge >= 0.3 is 0 Å². The molecule has 0 amide bonds. The first-order chi connectivity index (χ1) is 11.7. The highest BCUT2D eigenvalue weighted by Gasteiger charge is 2.26. The third kappa shape index (κ3) is 1.83. The van der Waals surface area contributed by atoms with Gasteiger partial charge in [0, 0.05) is 19.3 Å². The van der Waals surface area contributed by atoms with E-state index in [0.717, 1.165) is 35.5 Å². The zero-order valence-electron chi connectivity index (χ0n) is 13.4. The zero-order chi connectivity index (χ0) is 16.3. The van der Waals surface area contributed by atoms with E-state index in [0.29, 0.717) is 5.96 Å². The van der Waals surface area contributed by atoms with E-state index in [-0.39, 0.29) is 6.17 Å². The number of imidazole rings is 1. The Hall–Kier alpha value is -3.02. The lowest BCUT2D eigenvalue weighted by Crippen LogP contribution is -2.31. The third-order valence-corrected chi connectivity index (χ3v) is 4.87. The minimum Gasteiger partial charge on any atom is -0.374 e. The Morgan fingerprint density at radius 3 is 3.00 bits per heavy atom. The summed E-state index contributed by atoms with van der Waals surface area (Å²) in [6.07, 6.45) is 0.881. The topological polar surface area (TPSA) is 71.5 Å². The second-order valence-corrected chi connectivity index (χ2v) is 6.37. The van der Waals surface area contributed by atoms with Gasteiger partial charge in [-0.1, -0.05) is 18.2 Å². The lowest BCUT2D eigenvalue weighted by molar-refractivity contribution is 0.625. The quantitative estimate of drug-likeness (QED) is 0.722. The van der Waals surface area contributed by atoms with Crippen LogP contribution in [0.3, 0.4) is 0 Å². The maximum absolute atomic E-state index is 6.01. The van der Waals surface area contributed by atoms with Crippen LogP contribution < -0.4 is 16.0 Å². The summed E-state index contributed by atoms with van der Waals surface area (Å²) in [5, 5.41) is 3.08. The highest BCUT2D eigenvalue weighted by molar-refractivity contribution is 5.94. The van der Waals surface area contributed by atoms with E-state index in [9.17, 15) is 0 Å². The van der Waals surface area contributed by atoms with Crippen LogP contribution >= 0.6 is 0 Å². The molecule has 6 nitrogen and oxygen atoms in total. The minimum atomic E-state index is -0.190. The molecule has 2 aromatic carbocycles. The number of aromatic nitrogens is 2. The first-order valence-electron chi connectivity index (χ1n) is 8.12. The molecule has 24 heavy (non-hydrogen) atoms. The van der Waals surface area contributed by atoms with E-state index in [4.69, 9.17) is 5.73 Å². The molecular formula is C18H18N6. The Labute approximate surface area is 139 Å². The van der Waals surface area contributed by atoms with Gasteiger partial charge in [0.15, 0.2) is 12.1 Å². The molecule has 6 heteroatoms. The summed E-state index contributed by atoms with van der Waals surface area (Å²) in [6.45, 7) is 1.07. The lowest BCUT2D eigenvalue weighted by atomic mass is 10.1. The number of fused-ring (bicyclic) bond motifs is 4. The molecule has 0 aliphatic carbocycles. The van der Waals surface area contributed by atoms with Crippen molar-refractivity contribution in [1.82, 2.24) is 9.55 Å². The molecule has 0 fully saturated rings. The number of benzene rings is 2. The molecule has 1 atom stereocenters. The van der Waals surface area contributed by atoms with Crippen molar-refractivity contribution in [2.24, 2.45) is 10.7 Å². The van der Waals surface area contributed by atoms with Gasteiger partial charge in [-0.05, 0) is 41.8 Å². The van der Waals surface area contributed by atoms with Crippen molar-refractivity contribution in [3.8, 4) is 0 Å². The highest BCUT2D eigenvalue weighted by Crippen LogP contribution is 2.35. The molecule has 120 valence electrons. The van der Waals surface area contributed by atoms with E-state index in [2.05, 4.69) is 56.1 Å². The highest BCUT2D eigenvalue weighted by atomic mass is 15.4. The standard InChI is InChI=1S/C18H18N6/c1-23-9-8-11-10-12(6-7-14(11)23)16-21-17(19)22-18-20-13-4-2-3-5-15(13)24(16)18/h2-7,10,16H,8-9H2,1H3,(H3,19,20,21,22). The Morgan fingerprint density at radius 1 is 1.21 bits per heavy atom. The van der Waals surface area contributed by atoms with Gasteiger partial charge < -0.3 is 10.6 Å². The molecule has 3 N–H and O–H groups in total. The maximum Gasteiger partial charge on any atom is 0.212 e. The molecule has 2 aliphatic heterocycles. The summed E-state index contributed by atoms with van der Waals surface area (Å²) in [6, 6.07) is 14.7. The van der Waals surface area contributed by atoms with Crippen molar-refractivity contribution < 1.29 is 0 Å². The van der Waals surface area contributed by atoms with Crippen molar-refractivity contribution in [2.75, 3.05) is 23.8 Å². The van der Waals surface area contributed by atoms with Crippen LogP contribution in [0, 0.1) is 0 Å². The zero-order valence-corrected chi connectivity index (χ0v) is 13.4. The fraction of sp³-hybridized carbons (Fsp3) is 0.222. The molecule has 1 unspecified atom stereocenters. The Kier molecular flexibility index (Phi) is 2.65. The molecule has 0 saturated carbocycles. The van der Waals surface area contributed by atoms with Crippen LogP contribution in [0.15, 0.2) is 47.5 Å². The van der Waals surface area contributed by atoms with Gasteiger partial charge in [0.2, 0.25) is 5.95 Å². The van der Waals surface area contributed by atoms with Crippen LogP contribution in [0.25, 0.3) is 11.0 Å². The first kappa shape index (κ1) is 13.4. The number of nitrogens with zero attached hydrogens (tertiary/aromatic N) is 4. The van der Waals surface area contributed by atoms with Crippen LogP contribution in [0.5, 0.6) is 0 Å². The van der Waals surface area contributed by atoms with Crippen LogP contribution in [0.2, 0.25) is 0 Å². The first-order valence-corrected chi connectivity index (χ1v) is 8.12. The molecule has 1 aromatic heterocycles. The number of hydrogen-bond donors (Lipinski definition) is 2. The summed E-state index contributed by atoms with van der Waals surface area (Å²) in [5.41, 5.74) is 11.8. The summed E-state index contributed by atoms with van der Waals surface area (Å²) in [4.78, 5) is 11.6. The number of anilines is 2. The van der Waals surface area contributed by atoms with Gasteiger partial charge in [-0.25, -0.2) is 9.98 Å². The number of likely N-dealkylation sites (N-methyl/N-ethyl adjacent to an activating group) is 1. The average Bonchev–Trinajstić information content (AvgIpc) is 3.14. The number of nitrogens with two attached hydrogens (primary N) is 1. The summed E-state index contributed by atoms with van der Waals surface area (Å²) < 4.78 is 2.12. The fourth-order valence-corrected chi connectivity index (χ4v) is 3.69. The summed E-state index contributed by atoms with van der Waals surface area (Å²) in [5.74, 6) is 1.15. The van der Waals surface area contributed by atoms with E-state index >= 15 is 0 Å². The van der Waals surface area contributed by atoms with E-state index < -0.39 is 0 Å². The average molecular weight is 318 g/mol. The maximum atomic E-state index is 6.01. The normalized spacial score (nSPS) is 19.0. The van der Waals surface area contributed by atoms with Crippen molar-refractivity contribution in [3.63, 3.8) is 0 Å². The predicted octanol–water partition coefficient (Wildman–Crippen LogP) is 2.32. The molecule has 0 saturated heterocycles. The van der Waals surface area contributed by atoms with Crippen LogP contribution in [-0.2, 0) is 6.42 Å². The van der Waals surface area contributed by atoms with Gasteiger partial charge in [0.05, 0.1) is 11.0 Å². The lowest BCUT2D eigenvalue weighted by Gasteiger charge is -2.24. The van der Waals surface area contributed by atoms with Crippen LogP contribution in [0.4, 0.5) is 11.6 Å². The van der Waals surface area contributed by atoms with Crippen molar-refractivity contribution >= 4 is 28.6 Å². The second-order valence-electron chi connectivity index (χ2n) is 6.37. The predicted molar refractivity (Wildman–Crippen MR) is 96.5 cm³/mol. The summed E-state index contributed by atoms with van der Waals surface area (Å²) in [7, 11) is 2.13. The Balaban J connectivity index is 1.70. The Morgan fingerprint density at radius 2 is 2.08 bits per heavy atom. The fourth-order valence-electron chi connectivity index (χ4n) is 3.69. The van der Waals surface area contributed by atoms with Crippen molar-refractivity contribution in [2.45, 2.75) is 12.6 Å². The van der Waals surface area contributed by atoms with Gasteiger partial charge in [0.1, 0.15) is 0 Å².